The number of benzene rings is 1. The lowest BCUT2D eigenvalue weighted by Crippen LogP contribution is -2.18. The molecule has 8 nitrogen and oxygen atoms in total. The fourth-order valence-corrected chi connectivity index (χ4v) is 2.23. The van der Waals surface area contributed by atoms with Gasteiger partial charge in [0.1, 0.15) is 0 Å². The molecule has 0 fully saturated rings. The SMILES string of the molecule is CCOC(=O)CC(C[N+](=O)[O-])c1cc(OC)c(OC)c(OC)c1. The van der Waals surface area contributed by atoms with E-state index in [0.717, 1.165) is 0 Å². The predicted molar refractivity (Wildman–Crippen MR) is 82.0 cm³/mol. The molecule has 0 amide bonds. The topological polar surface area (TPSA) is 97.1 Å². The molecule has 1 unspecified atom stereocenters. The standard InChI is InChI=1S/C15H21NO7/c1-5-23-14(17)8-11(9-16(18)19)10-6-12(20-2)15(22-4)13(7-10)21-3/h6-7,11H,5,8-9H2,1-4H3. The summed E-state index contributed by atoms with van der Waals surface area (Å²) in [5.74, 6) is -0.0151. The highest BCUT2D eigenvalue weighted by Crippen LogP contribution is 2.40. The molecule has 1 aromatic carbocycles. The van der Waals surface area contributed by atoms with E-state index in [1.165, 1.54) is 21.3 Å². The van der Waals surface area contributed by atoms with Gasteiger partial charge in [-0.3, -0.25) is 14.9 Å². The number of nitro groups is 1. The zero-order valence-electron chi connectivity index (χ0n) is 13.7. The molecule has 0 saturated carbocycles. The Morgan fingerprint density at radius 1 is 1.17 bits per heavy atom. The molecule has 1 rings (SSSR count). The number of esters is 1. The molecule has 23 heavy (non-hydrogen) atoms. The average molecular weight is 327 g/mol. The van der Waals surface area contributed by atoms with E-state index in [1.807, 2.05) is 0 Å². The molecule has 128 valence electrons. The molecule has 0 spiro atoms. The van der Waals surface area contributed by atoms with E-state index in [4.69, 9.17) is 18.9 Å². The zero-order chi connectivity index (χ0) is 17.4. The van der Waals surface area contributed by atoms with Crippen LogP contribution in [0.5, 0.6) is 17.2 Å². The normalized spacial score (nSPS) is 11.5. The Morgan fingerprint density at radius 2 is 1.74 bits per heavy atom. The van der Waals surface area contributed by atoms with Gasteiger partial charge in [-0.05, 0) is 24.6 Å². The predicted octanol–water partition coefficient (Wildman–Crippen LogP) is 2.03. The van der Waals surface area contributed by atoms with Crippen molar-refractivity contribution < 1.29 is 28.7 Å². The van der Waals surface area contributed by atoms with Crippen molar-refractivity contribution in [3.8, 4) is 17.2 Å². The van der Waals surface area contributed by atoms with Gasteiger partial charge < -0.3 is 18.9 Å². The minimum atomic E-state index is -0.655. The quantitative estimate of drug-likeness (QED) is 0.389. The van der Waals surface area contributed by atoms with Gasteiger partial charge in [0.05, 0.1) is 40.3 Å². The van der Waals surface area contributed by atoms with E-state index in [1.54, 1.807) is 19.1 Å². The van der Waals surface area contributed by atoms with Gasteiger partial charge in [0.15, 0.2) is 11.5 Å². The number of carbonyl (C=O) groups excluding carboxylic acids is 1. The fraction of sp³-hybridized carbons (Fsp3) is 0.533. The van der Waals surface area contributed by atoms with Crippen LogP contribution < -0.4 is 14.2 Å². The van der Waals surface area contributed by atoms with Crippen LogP contribution in [-0.4, -0.2) is 45.4 Å². The third kappa shape index (κ3) is 5.01. The first kappa shape index (κ1) is 18.5. The number of ether oxygens (including phenoxy) is 4. The second-order valence-corrected chi connectivity index (χ2v) is 4.68. The summed E-state index contributed by atoms with van der Waals surface area (Å²) in [6.07, 6.45) is -0.104. The second kappa shape index (κ2) is 8.82. The van der Waals surface area contributed by atoms with Gasteiger partial charge in [-0.25, -0.2) is 0 Å². The number of methoxy groups -OCH3 is 3. The van der Waals surface area contributed by atoms with Gasteiger partial charge >= 0.3 is 5.97 Å². The maximum absolute atomic E-state index is 11.7. The first-order valence-electron chi connectivity index (χ1n) is 7.04. The van der Waals surface area contributed by atoms with Crippen molar-refractivity contribution in [1.29, 1.82) is 0 Å². The van der Waals surface area contributed by atoms with E-state index in [2.05, 4.69) is 0 Å². The van der Waals surface area contributed by atoms with Crippen LogP contribution >= 0.6 is 0 Å². The molecule has 0 bridgehead atoms. The maximum atomic E-state index is 11.7. The van der Waals surface area contributed by atoms with Crippen LogP contribution in [0, 0.1) is 10.1 Å². The lowest BCUT2D eigenvalue weighted by atomic mass is 9.95. The van der Waals surface area contributed by atoms with E-state index in [0.29, 0.717) is 22.8 Å². The molecule has 0 saturated heterocycles. The Kier molecular flexibility index (Phi) is 7.11. The molecule has 1 atom stereocenters. The molecule has 0 aromatic heterocycles. The Labute approximate surface area is 134 Å². The van der Waals surface area contributed by atoms with Crippen LogP contribution in [0.3, 0.4) is 0 Å². The van der Waals surface area contributed by atoms with E-state index >= 15 is 0 Å². The van der Waals surface area contributed by atoms with Gasteiger partial charge in [-0.2, -0.15) is 0 Å². The Hall–Kier alpha value is -2.51. The molecule has 0 aliphatic rings. The summed E-state index contributed by atoms with van der Waals surface area (Å²) in [6.45, 7) is 1.50. The summed E-state index contributed by atoms with van der Waals surface area (Å²) < 4.78 is 20.6. The number of hydrogen-bond donors (Lipinski definition) is 0. The van der Waals surface area contributed by atoms with Gasteiger partial charge in [0.25, 0.3) is 0 Å². The average Bonchev–Trinajstić information content (AvgIpc) is 2.52. The van der Waals surface area contributed by atoms with Crippen molar-refractivity contribution in [3.05, 3.63) is 27.8 Å². The summed E-state index contributed by atoms with van der Waals surface area (Å²) in [5.41, 5.74) is 0.546. The largest absolute Gasteiger partial charge is 0.493 e. The van der Waals surface area contributed by atoms with Crippen molar-refractivity contribution in [2.24, 2.45) is 0 Å². The van der Waals surface area contributed by atoms with Crippen molar-refractivity contribution >= 4 is 5.97 Å². The summed E-state index contributed by atoms with van der Waals surface area (Å²) in [4.78, 5) is 22.2. The highest BCUT2D eigenvalue weighted by Gasteiger charge is 2.25. The van der Waals surface area contributed by atoms with E-state index in [9.17, 15) is 14.9 Å². The number of hydrogen-bond acceptors (Lipinski definition) is 7. The molecule has 1 aromatic rings. The summed E-state index contributed by atoms with van der Waals surface area (Å²) in [5, 5.41) is 10.9. The Balaban J connectivity index is 3.23. The van der Waals surface area contributed by atoms with E-state index in [-0.39, 0.29) is 13.0 Å². The molecule has 0 heterocycles. The first-order valence-corrected chi connectivity index (χ1v) is 7.04. The van der Waals surface area contributed by atoms with Crippen LogP contribution in [0.15, 0.2) is 12.1 Å². The lowest BCUT2D eigenvalue weighted by molar-refractivity contribution is -0.483. The third-order valence-corrected chi connectivity index (χ3v) is 3.25. The monoisotopic (exact) mass is 327 g/mol. The highest BCUT2D eigenvalue weighted by molar-refractivity contribution is 5.71. The van der Waals surface area contributed by atoms with Crippen molar-refractivity contribution in [2.75, 3.05) is 34.5 Å². The van der Waals surface area contributed by atoms with Crippen LogP contribution in [0.1, 0.15) is 24.8 Å². The van der Waals surface area contributed by atoms with Gasteiger partial charge in [0.2, 0.25) is 12.3 Å². The lowest BCUT2D eigenvalue weighted by Gasteiger charge is -2.17. The Bertz CT molecular complexity index is 534. The zero-order valence-corrected chi connectivity index (χ0v) is 13.7. The van der Waals surface area contributed by atoms with Crippen molar-refractivity contribution in [1.82, 2.24) is 0 Å². The van der Waals surface area contributed by atoms with Gasteiger partial charge in [0, 0.05) is 4.92 Å². The van der Waals surface area contributed by atoms with Crippen LogP contribution in [0.25, 0.3) is 0 Å². The minimum absolute atomic E-state index is 0.104. The van der Waals surface area contributed by atoms with Crippen molar-refractivity contribution in [3.63, 3.8) is 0 Å². The second-order valence-electron chi connectivity index (χ2n) is 4.68. The molecule has 0 radical (unpaired) electrons. The summed E-state index contributed by atoms with van der Waals surface area (Å²) in [7, 11) is 4.37. The Morgan fingerprint density at radius 3 is 2.13 bits per heavy atom. The third-order valence-electron chi connectivity index (χ3n) is 3.25. The first-order chi connectivity index (χ1) is 11.0. The maximum Gasteiger partial charge on any atom is 0.306 e. The van der Waals surface area contributed by atoms with Crippen LogP contribution in [0.2, 0.25) is 0 Å². The van der Waals surface area contributed by atoms with Crippen LogP contribution in [0.4, 0.5) is 0 Å². The molecule has 0 aliphatic heterocycles. The minimum Gasteiger partial charge on any atom is -0.493 e. The van der Waals surface area contributed by atoms with Crippen molar-refractivity contribution in [2.45, 2.75) is 19.3 Å². The molecular formula is C15H21NO7. The molecule has 8 heteroatoms. The van der Waals surface area contributed by atoms with Gasteiger partial charge in [-0.1, -0.05) is 0 Å². The number of nitrogens with zero attached hydrogens (tertiary/aromatic N) is 1. The fourth-order valence-electron chi connectivity index (χ4n) is 2.23. The summed E-state index contributed by atoms with van der Waals surface area (Å²) >= 11 is 0. The van der Waals surface area contributed by atoms with Gasteiger partial charge in [-0.15, -0.1) is 0 Å². The molecule has 0 N–H and O–H groups in total. The smallest absolute Gasteiger partial charge is 0.306 e. The summed E-state index contributed by atoms with van der Waals surface area (Å²) in [6, 6.07) is 3.21. The van der Waals surface area contributed by atoms with E-state index < -0.39 is 23.4 Å². The molecule has 0 aliphatic carbocycles. The number of carbonyl (C=O) groups is 1. The van der Waals surface area contributed by atoms with Crippen LogP contribution in [-0.2, 0) is 9.53 Å². The molecular weight excluding hydrogens is 306 g/mol. The number of rotatable bonds is 9. The highest BCUT2D eigenvalue weighted by atomic mass is 16.6.